The van der Waals surface area contributed by atoms with Crippen molar-refractivity contribution in [3.63, 3.8) is 0 Å². The number of rotatable bonds is 8. The van der Waals surface area contributed by atoms with E-state index >= 15 is 0 Å². The van der Waals surface area contributed by atoms with Gasteiger partial charge in [0.25, 0.3) is 0 Å². The van der Waals surface area contributed by atoms with Crippen LogP contribution in [0.15, 0.2) is 24.3 Å². The van der Waals surface area contributed by atoms with Crippen LogP contribution in [0.2, 0.25) is 0 Å². The van der Waals surface area contributed by atoms with E-state index in [-0.39, 0.29) is 11.7 Å². The lowest BCUT2D eigenvalue weighted by Gasteiger charge is -2.33. The summed E-state index contributed by atoms with van der Waals surface area (Å²) in [5.74, 6) is 0.903. The predicted octanol–water partition coefficient (Wildman–Crippen LogP) is 3.56. The van der Waals surface area contributed by atoms with Crippen LogP contribution in [0.4, 0.5) is 8.78 Å². The molecule has 3 rings (SSSR count). The van der Waals surface area contributed by atoms with Gasteiger partial charge in [0.2, 0.25) is 5.91 Å². The maximum atomic E-state index is 12.5. The summed E-state index contributed by atoms with van der Waals surface area (Å²) in [4.78, 5) is 14.1. The van der Waals surface area contributed by atoms with Gasteiger partial charge in [-0.1, -0.05) is 18.2 Å². The Morgan fingerprint density at radius 1 is 1.28 bits per heavy atom. The van der Waals surface area contributed by atoms with Gasteiger partial charge in [-0.05, 0) is 50.6 Å². The first kappa shape index (κ1) is 18.1. The molecule has 1 heterocycles. The van der Waals surface area contributed by atoms with Crippen molar-refractivity contribution < 1.29 is 18.3 Å². The maximum absolute atomic E-state index is 12.5. The zero-order chi connectivity index (χ0) is 17.6. The minimum Gasteiger partial charge on any atom is -0.434 e. The Bertz CT molecular complexity index is 578. The summed E-state index contributed by atoms with van der Waals surface area (Å²) in [5, 5.41) is 3.03. The Morgan fingerprint density at radius 3 is 2.84 bits per heavy atom. The summed E-state index contributed by atoms with van der Waals surface area (Å²) < 4.78 is 29.7. The van der Waals surface area contributed by atoms with E-state index in [9.17, 15) is 13.6 Å². The molecule has 138 valence electrons. The summed E-state index contributed by atoms with van der Waals surface area (Å²) in [7, 11) is 0. The number of nitrogens with one attached hydrogen (secondary N) is 1. The average molecular weight is 352 g/mol. The third-order valence-electron chi connectivity index (χ3n) is 4.91. The fourth-order valence-electron chi connectivity index (χ4n) is 3.48. The van der Waals surface area contributed by atoms with E-state index in [1.807, 2.05) is 12.1 Å². The van der Waals surface area contributed by atoms with Crippen LogP contribution in [0.3, 0.4) is 0 Å². The van der Waals surface area contributed by atoms with Gasteiger partial charge in [-0.15, -0.1) is 0 Å². The molecule has 1 aliphatic heterocycles. The molecule has 1 aliphatic carbocycles. The molecule has 1 N–H and O–H groups in total. The van der Waals surface area contributed by atoms with Crippen molar-refractivity contribution in [2.75, 3.05) is 13.1 Å². The lowest BCUT2D eigenvalue weighted by atomic mass is 9.93. The van der Waals surface area contributed by atoms with Crippen LogP contribution >= 0.6 is 0 Å². The molecule has 25 heavy (non-hydrogen) atoms. The second-order valence-electron chi connectivity index (χ2n) is 7.11. The Kier molecular flexibility index (Phi) is 6.24. The average Bonchev–Trinajstić information content (AvgIpc) is 3.39. The standard InChI is InChI=1S/C19H26F2N2O2/c20-19(21)25-17-6-2-1-5-15(17)13-23-11-3-4-14(12-23)7-10-18(24)22-16-8-9-16/h1-2,5-6,14,16,19H,3-4,7-13H2,(H,22,24)/t14-/m1/s1. The summed E-state index contributed by atoms with van der Waals surface area (Å²) in [6.45, 7) is -0.346. The van der Waals surface area contributed by atoms with Gasteiger partial charge in [-0.25, -0.2) is 0 Å². The number of hydrogen-bond donors (Lipinski definition) is 1. The molecule has 1 saturated carbocycles. The van der Waals surface area contributed by atoms with Gasteiger partial charge >= 0.3 is 6.61 Å². The van der Waals surface area contributed by atoms with E-state index in [1.54, 1.807) is 12.1 Å². The van der Waals surface area contributed by atoms with Crippen molar-refractivity contribution in [2.24, 2.45) is 5.92 Å². The zero-order valence-corrected chi connectivity index (χ0v) is 14.4. The highest BCUT2D eigenvalue weighted by molar-refractivity contribution is 5.76. The van der Waals surface area contributed by atoms with Gasteiger partial charge in [0, 0.05) is 31.1 Å². The first-order chi connectivity index (χ1) is 12.1. The molecule has 0 radical (unpaired) electrons. The van der Waals surface area contributed by atoms with Crippen molar-refractivity contribution in [1.29, 1.82) is 0 Å². The van der Waals surface area contributed by atoms with Gasteiger partial charge in [0.15, 0.2) is 0 Å². The highest BCUT2D eigenvalue weighted by Gasteiger charge is 2.25. The lowest BCUT2D eigenvalue weighted by Crippen LogP contribution is -2.35. The Labute approximate surface area is 147 Å². The van der Waals surface area contributed by atoms with E-state index in [0.717, 1.165) is 50.8 Å². The number of alkyl halides is 2. The molecular formula is C19H26F2N2O2. The quantitative estimate of drug-likeness (QED) is 0.778. The highest BCUT2D eigenvalue weighted by atomic mass is 19.3. The molecule has 0 spiro atoms. The molecule has 1 amide bonds. The third kappa shape index (κ3) is 5.96. The Balaban J connectivity index is 1.48. The smallest absolute Gasteiger partial charge is 0.387 e. The van der Waals surface area contributed by atoms with Gasteiger partial charge in [-0.2, -0.15) is 8.78 Å². The highest BCUT2D eigenvalue weighted by Crippen LogP contribution is 2.26. The monoisotopic (exact) mass is 352 g/mol. The Hall–Kier alpha value is -1.69. The number of para-hydroxylation sites is 1. The van der Waals surface area contributed by atoms with E-state index in [1.165, 1.54) is 0 Å². The first-order valence-electron chi connectivity index (χ1n) is 9.14. The molecule has 0 aromatic heterocycles. The van der Waals surface area contributed by atoms with Gasteiger partial charge < -0.3 is 10.1 Å². The molecule has 0 bridgehead atoms. The number of piperidine rings is 1. The topological polar surface area (TPSA) is 41.6 Å². The fraction of sp³-hybridized carbons (Fsp3) is 0.632. The number of halogens is 2. The van der Waals surface area contributed by atoms with Crippen molar-refractivity contribution in [3.8, 4) is 5.75 Å². The molecule has 2 fully saturated rings. The largest absolute Gasteiger partial charge is 0.434 e. The maximum Gasteiger partial charge on any atom is 0.387 e. The molecular weight excluding hydrogens is 326 g/mol. The van der Waals surface area contributed by atoms with Gasteiger partial charge in [-0.3, -0.25) is 9.69 Å². The summed E-state index contributed by atoms with van der Waals surface area (Å²) in [6, 6.07) is 7.40. The molecule has 2 aliphatic rings. The number of likely N-dealkylation sites (tertiary alicyclic amines) is 1. The van der Waals surface area contributed by atoms with Crippen molar-refractivity contribution in [2.45, 2.75) is 57.7 Å². The van der Waals surface area contributed by atoms with Crippen molar-refractivity contribution >= 4 is 5.91 Å². The van der Waals surface area contributed by atoms with Gasteiger partial charge in [0.1, 0.15) is 5.75 Å². The molecule has 0 unspecified atom stereocenters. The van der Waals surface area contributed by atoms with Crippen molar-refractivity contribution in [3.05, 3.63) is 29.8 Å². The molecule has 1 aromatic rings. The van der Waals surface area contributed by atoms with Crippen LogP contribution in [0.5, 0.6) is 5.75 Å². The van der Waals surface area contributed by atoms with Crippen LogP contribution in [0.1, 0.15) is 44.1 Å². The SMILES string of the molecule is O=C(CC[C@H]1CCCN(Cc2ccccc2OC(F)F)C1)NC1CC1. The number of nitrogens with zero attached hydrogens (tertiary/aromatic N) is 1. The van der Waals surface area contributed by atoms with E-state index in [0.29, 0.717) is 24.9 Å². The van der Waals surface area contributed by atoms with E-state index in [4.69, 9.17) is 0 Å². The lowest BCUT2D eigenvalue weighted by molar-refractivity contribution is -0.121. The van der Waals surface area contributed by atoms with Crippen LogP contribution < -0.4 is 10.1 Å². The number of benzene rings is 1. The summed E-state index contributed by atoms with van der Waals surface area (Å²) in [6.07, 6.45) is 5.91. The number of carbonyl (C=O) groups is 1. The number of amides is 1. The van der Waals surface area contributed by atoms with E-state index in [2.05, 4.69) is 15.0 Å². The van der Waals surface area contributed by atoms with Crippen LogP contribution in [0.25, 0.3) is 0 Å². The van der Waals surface area contributed by atoms with Gasteiger partial charge in [0.05, 0.1) is 0 Å². The van der Waals surface area contributed by atoms with E-state index < -0.39 is 6.61 Å². The van der Waals surface area contributed by atoms with Crippen molar-refractivity contribution in [1.82, 2.24) is 10.2 Å². The minimum absolute atomic E-state index is 0.162. The molecule has 4 nitrogen and oxygen atoms in total. The summed E-state index contributed by atoms with van der Waals surface area (Å²) >= 11 is 0. The number of carbonyl (C=O) groups excluding carboxylic acids is 1. The predicted molar refractivity (Wildman–Crippen MR) is 91.5 cm³/mol. The second kappa shape index (κ2) is 8.61. The molecule has 6 heteroatoms. The van der Waals surface area contributed by atoms with Crippen LogP contribution in [0, 0.1) is 5.92 Å². The number of ether oxygens (including phenoxy) is 1. The summed E-state index contributed by atoms with van der Waals surface area (Å²) in [5.41, 5.74) is 0.787. The second-order valence-corrected chi connectivity index (χ2v) is 7.11. The molecule has 1 saturated heterocycles. The van der Waals surface area contributed by atoms with Crippen LogP contribution in [-0.4, -0.2) is 36.5 Å². The molecule has 1 atom stereocenters. The minimum atomic E-state index is -2.81. The molecule has 1 aromatic carbocycles. The Morgan fingerprint density at radius 2 is 2.08 bits per heavy atom. The number of hydrogen-bond acceptors (Lipinski definition) is 3. The third-order valence-corrected chi connectivity index (χ3v) is 4.91. The zero-order valence-electron chi connectivity index (χ0n) is 14.4. The normalized spacial score (nSPS) is 21.3. The fourth-order valence-corrected chi connectivity index (χ4v) is 3.48. The first-order valence-corrected chi connectivity index (χ1v) is 9.14. The van der Waals surface area contributed by atoms with Crippen LogP contribution in [-0.2, 0) is 11.3 Å².